The van der Waals surface area contributed by atoms with E-state index in [1.807, 2.05) is 42.5 Å². The summed E-state index contributed by atoms with van der Waals surface area (Å²) in [6, 6.07) is 17.1. The highest BCUT2D eigenvalue weighted by molar-refractivity contribution is 6.30. The average Bonchev–Trinajstić information content (AvgIpc) is 3.09. The van der Waals surface area contributed by atoms with Crippen molar-refractivity contribution < 1.29 is 4.79 Å². The van der Waals surface area contributed by atoms with Crippen LogP contribution in [0.2, 0.25) is 5.02 Å². The highest BCUT2D eigenvalue weighted by atomic mass is 35.5. The first kappa shape index (κ1) is 21.2. The Morgan fingerprint density at radius 1 is 1.06 bits per heavy atom. The fourth-order valence-corrected chi connectivity index (χ4v) is 4.20. The van der Waals surface area contributed by atoms with Crippen molar-refractivity contribution in [2.45, 2.75) is 38.6 Å². The number of nitrogens with one attached hydrogen (secondary N) is 2. The lowest BCUT2D eigenvalue weighted by molar-refractivity contribution is 0.247. The van der Waals surface area contributed by atoms with E-state index in [2.05, 4.69) is 10.6 Å². The number of anilines is 2. The number of aromatic nitrogens is 2. The molecular weight excluding hydrogens is 410 g/mol. The molecule has 0 bridgehead atoms. The summed E-state index contributed by atoms with van der Waals surface area (Å²) in [6.45, 7) is 1.19. The molecule has 1 saturated carbocycles. The zero-order chi connectivity index (χ0) is 21.6. The lowest BCUT2D eigenvalue weighted by atomic mass is 9.89. The van der Waals surface area contributed by atoms with Crippen LogP contribution in [-0.4, -0.2) is 22.4 Å². The number of benzene rings is 2. The zero-order valence-corrected chi connectivity index (χ0v) is 18.2. The molecule has 2 amide bonds. The van der Waals surface area contributed by atoms with Crippen molar-refractivity contribution in [1.29, 1.82) is 0 Å². The Hall–Kier alpha value is -2.99. The van der Waals surface area contributed by atoms with Crippen LogP contribution in [0.5, 0.6) is 0 Å². The van der Waals surface area contributed by atoms with Crippen LogP contribution in [0.4, 0.5) is 16.3 Å². The molecule has 3 aromatic rings. The van der Waals surface area contributed by atoms with E-state index in [0.717, 1.165) is 11.1 Å². The van der Waals surface area contributed by atoms with Gasteiger partial charge in [-0.1, -0.05) is 73.3 Å². The topological polar surface area (TPSA) is 85.0 Å². The molecule has 0 aliphatic heterocycles. The minimum Gasteiger partial charge on any atom is -0.382 e. The Balaban J connectivity index is 1.56. The van der Waals surface area contributed by atoms with Crippen LogP contribution in [-0.2, 0) is 6.54 Å². The van der Waals surface area contributed by atoms with Crippen molar-refractivity contribution >= 4 is 29.1 Å². The van der Waals surface area contributed by atoms with Gasteiger partial charge in [0.15, 0.2) is 0 Å². The Morgan fingerprint density at radius 3 is 2.48 bits per heavy atom. The van der Waals surface area contributed by atoms with Gasteiger partial charge < -0.3 is 16.4 Å². The van der Waals surface area contributed by atoms with E-state index in [9.17, 15) is 4.79 Å². The lowest BCUT2D eigenvalue weighted by Crippen LogP contribution is -2.34. The van der Waals surface area contributed by atoms with Crippen LogP contribution in [0, 0.1) is 5.92 Å². The Bertz CT molecular complexity index is 1010. The van der Waals surface area contributed by atoms with Crippen LogP contribution in [0.25, 0.3) is 11.3 Å². The van der Waals surface area contributed by atoms with E-state index in [-0.39, 0.29) is 6.03 Å². The fraction of sp³-hybridized carbons (Fsp3) is 0.333. The Labute approximate surface area is 187 Å². The summed E-state index contributed by atoms with van der Waals surface area (Å²) in [6.07, 6.45) is 6.13. The van der Waals surface area contributed by atoms with Crippen LogP contribution in [0.3, 0.4) is 0 Å². The second-order valence-corrected chi connectivity index (χ2v) is 8.53. The van der Waals surface area contributed by atoms with Gasteiger partial charge in [-0.2, -0.15) is 5.10 Å². The molecule has 4 rings (SSSR count). The van der Waals surface area contributed by atoms with Crippen LogP contribution < -0.4 is 16.4 Å². The minimum atomic E-state index is -0.258. The SMILES string of the molecule is Nc1c(NC(=O)NCC2CCCCC2)c(-c2ccc(Cl)cc2)nn1Cc1ccccc1. The van der Waals surface area contributed by atoms with Crippen LogP contribution in [0.15, 0.2) is 54.6 Å². The summed E-state index contributed by atoms with van der Waals surface area (Å²) in [5, 5.41) is 11.3. The van der Waals surface area contributed by atoms with Crippen molar-refractivity contribution in [3.05, 3.63) is 65.2 Å². The maximum absolute atomic E-state index is 12.7. The van der Waals surface area contributed by atoms with Gasteiger partial charge in [-0.05, 0) is 36.5 Å². The quantitative estimate of drug-likeness (QED) is 0.473. The lowest BCUT2D eigenvalue weighted by Gasteiger charge is -2.21. The van der Waals surface area contributed by atoms with Gasteiger partial charge in [0, 0.05) is 17.1 Å². The summed E-state index contributed by atoms with van der Waals surface area (Å²) in [5.41, 5.74) is 9.49. The van der Waals surface area contributed by atoms with Crippen molar-refractivity contribution in [2.24, 2.45) is 5.92 Å². The van der Waals surface area contributed by atoms with Gasteiger partial charge in [-0.25, -0.2) is 9.48 Å². The normalized spacial score (nSPS) is 14.4. The number of nitrogens with two attached hydrogens (primary N) is 1. The summed E-state index contributed by atoms with van der Waals surface area (Å²) in [5.74, 6) is 0.968. The third kappa shape index (κ3) is 5.39. The van der Waals surface area contributed by atoms with E-state index in [1.54, 1.807) is 16.8 Å². The molecule has 4 N–H and O–H groups in total. The number of carbonyl (C=O) groups excluding carboxylic acids is 1. The predicted molar refractivity (Wildman–Crippen MR) is 126 cm³/mol. The number of rotatable bonds is 6. The van der Waals surface area contributed by atoms with Crippen LogP contribution in [0.1, 0.15) is 37.7 Å². The summed E-state index contributed by atoms with van der Waals surface area (Å²) in [4.78, 5) is 12.7. The Kier molecular flexibility index (Phi) is 6.77. The molecule has 0 atom stereocenters. The number of hydrogen-bond acceptors (Lipinski definition) is 3. The second kappa shape index (κ2) is 9.88. The standard InChI is InChI=1S/C24H28ClN5O/c25-20-13-11-19(12-14-20)21-22(28-24(31)27-15-17-7-3-1-4-8-17)23(26)30(29-21)16-18-9-5-2-6-10-18/h2,5-6,9-14,17H,1,3-4,7-8,15-16,26H2,(H2,27,28,31). The van der Waals surface area contributed by atoms with Gasteiger partial charge in [0.1, 0.15) is 17.2 Å². The van der Waals surface area contributed by atoms with Crippen molar-refractivity contribution in [2.75, 3.05) is 17.6 Å². The molecular formula is C24H28ClN5O. The first-order valence-corrected chi connectivity index (χ1v) is 11.2. The molecule has 2 aromatic carbocycles. The molecule has 7 heteroatoms. The number of nitrogens with zero attached hydrogens (tertiary/aromatic N) is 2. The molecule has 0 radical (unpaired) electrons. The second-order valence-electron chi connectivity index (χ2n) is 8.10. The van der Waals surface area contributed by atoms with Gasteiger partial charge in [0.2, 0.25) is 0 Å². The van der Waals surface area contributed by atoms with E-state index >= 15 is 0 Å². The summed E-state index contributed by atoms with van der Waals surface area (Å²) in [7, 11) is 0. The molecule has 6 nitrogen and oxygen atoms in total. The largest absolute Gasteiger partial charge is 0.382 e. The average molecular weight is 438 g/mol. The fourth-order valence-electron chi connectivity index (χ4n) is 4.07. The first-order valence-electron chi connectivity index (χ1n) is 10.8. The van der Waals surface area contributed by atoms with Crippen LogP contribution >= 0.6 is 11.6 Å². The molecule has 0 saturated heterocycles. The molecule has 1 aliphatic rings. The third-order valence-electron chi connectivity index (χ3n) is 5.80. The van der Waals surface area contributed by atoms with Gasteiger partial charge in [0.05, 0.1) is 6.54 Å². The van der Waals surface area contributed by atoms with E-state index in [1.165, 1.54) is 32.1 Å². The molecule has 1 aliphatic carbocycles. The van der Waals surface area contributed by atoms with Gasteiger partial charge >= 0.3 is 6.03 Å². The first-order chi connectivity index (χ1) is 15.1. The highest BCUT2D eigenvalue weighted by Gasteiger charge is 2.20. The van der Waals surface area contributed by atoms with Gasteiger partial charge in [-0.3, -0.25) is 0 Å². The van der Waals surface area contributed by atoms with Crippen molar-refractivity contribution in [3.63, 3.8) is 0 Å². The van der Waals surface area contributed by atoms with E-state index < -0.39 is 0 Å². The number of hydrogen-bond donors (Lipinski definition) is 3. The highest BCUT2D eigenvalue weighted by Crippen LogP contribution is 2.33. The number of halogens is 1. The third-order valence-corrected chi connectivity index (χ3v) is 6.05. The molecule has 0 unspecified atom stereocenters. The van der Waals surface area contributed by atoms with Gasteiger partial charge in [-0.15, -0.1) is 0 Å². The molecule has 1 aromatic heterocycles. The van der Waals surface area contributed by atoms with E-state index in [4.69, 9.17) is 22.4 Å². The van der Waals surface area contributed by atoms with Crippen molar-refractivity contribution in [1.82, 2.24) is 15.1 Å². The predicted octanol–water partition coefficient (Wildman–Crippen LogP) is 5.54. The smallest absolute Gasteiger partial charge is 0.319 e. The number of nitrogen functional groups attached to an aromatic ring is 1. The maximum atomic E-state index is 12.7. The molecule has 162 valence electrons. The van der Waals surface area contributed by atoms with E-state index in [0.29, 0.717) is 41.2 Å². The number of urea groups is 1. The van der Waals surface area contributed by atoms with Crippen molar-refractivity contribution in [3.8, 4) is 11.3 Å². The maximum Gasteiger partial charge on any atom is 0.319 e. The number of carbonyl (C=O) groups is 1. The molecule has 1 fully saturated rings. The van der Waals surface area contributed by atoms with Gasteiger partial charge in [0.25, 0.3) is 0 Å². The summed E-state index contributed by atoms with van der Waals surface area (Å²) < 4.78 is 1.72. The minimum absolute atomic E-state index is 0.258. The monoisotopic (exact) mass is 437 g/mol. The number of amides is 2. The molecule has 31 heavy (non-hydrogen) atoms. The summed E-state index contributed by atoms with van der Waals surface area (Å²) >= 11 is 6.05. The molecule has 1 heterocycles. The molecule has 0 spiro atoms. The Morgan fingerprint density at radius 2 is 1.77 bits per heavy atom. The zero-order valence-electron chi connectivity index (χ0n) is 17.5.